The van der Waals surface area contributed by atoms with Crippen LogP contribution < -0.4 is 4.72 Å². The molecule has 0 atom stereocenters. The van der Waals surface area contributed by atoms with E-state index in [0.717, 1.165) is 6.08 Å². The van der Waals surface area contributed by atoms with Crippen molar-refractivity contribution >= 4 is 27.1 Å². The first kappa shape index (κ1) is 10.6. The average molecular weight is 237 g/mol. The Labute approximate surface area is 91.8 Å². The molecule has 0 aliphatic carbocycles. The van der Waals surface area contributed by atoms with Gasteiger partial charge in [-0.1, -0.05) is 24.3 Å². The minimum atomic E-state index is -3.74. The summed E-state index contributed by atoms with van der Waals surface area (Å²) in [5.74, 6) is -0.658. The highest BCUT2D eigenvalue weighted by Gasteiger charge is 2.28. The van der Waals surface area contributed by atoms with E-state index in [1.165, 1.54) is 24.3 Å². The second-order valence-electron chi connectivity index (χ2n) is 3.22. The molecule has 1 heterocycles. The number of carbonyl (C=O) groups is 2. The molecule has 1 aromatic rings. The molecule has 5 nitrogen and oxygen atoms in total. The van der Waals surface area contributed by atoms with Gasteiger partial charge in [0.05, 0.1) is 0 Å². The maximum absolute atomic E-state index is 11.5. The first-order chi connectivity index (χ1) is 7.53. The fourth-order valence-corrected chi connectivity index (χ4v) is 2.52. The van der Waals surface area contributed by atoms with Crippen LogP contribution in [-0.2, 0) is 14.8 Å². The van der Waals surface area contributed by atoms with E-state index in [9.17, 15) is 18.0 Å². The Morgan fingerprint density at radius 1 is 1.12 bits per heavy atom. The zero-order valence-corrected chi connectivity index (χ0v) is 8.82. The molecule has 2 rings (SSSR count). The zero-order chi connectivity index (χ0) is 11.8. The van der Waals surface area contributed by atoms with Crippen LogP contribution in [0.1, 0.15) is 15.9 Å². The number of hydrogen-bond acceptors (Lipinski definition) is 4. The van der Waals surface area contributed by atoms with Crippen LogP contribution in [0, 0.1) is 0 Å². The van der Waals surface area contributed by atoms with Crippen LogP contribution >= 0.6 is 0 Å². The van der Waals surface area contributed by atoms with Gasteiger partial charge >= 0.3 is 0 Å². The summed E-state index contributed by atoms with van der Waals surface area (Å²) in [6, 6.07) is 5.93. The van der Waals surface area contributed by atoms with E-state index in [4.69, 9.17) is 0 Å². The third-order valence-electron chi connectivity index (χ3n) is 2.12. The lowest BCUT2D eigenvalue weighted by Gasteiger charge is -2.01. The van der Waals surface area contributed by atoms with Crippen LogP contribution in [0.3, 0.4) is 0 Å². The van der Waals surface area contributed by atoms with E-state index < -0.39 is 15.9 Å². The van der Waals surface area contributed by atoms with Gasteiger partial charge in [-0.2, -0.15) is 0 Å². The molecule has 0 fully saturated rings. The number of benzene rings is 1. The summed E-state index contributed by atoms with van der Waals surface area (Å²) < 4.78 is 24.8. The Hall–Kier alpha value is -1.95. The van der Waals surface area contributed by atoms with Crippen LogP contribution in [-0.4, -0.2) is 20.6 Å². The monoisotopic (exact) mass is 237 g/mol. The van der Waals surface area contributed by atoms with Crippen molar-refractivity contribution < 1.29 is 18.0 Å². The van der Waals surface area contributed by atoms with Crippen molar-refractivity contribution in [1.29, 1.82) is 0 Å². The van der Waals surface area contributed by atoms with Gasteiger partial charge in [-0.05, 0) is 5.56 Å². The minimum Gasteiger partial charge on any atom is -0.298 e. The lowest BCUT2D eigenvalue weighted by molar-refractivity contribution is -0.114. The summed E-state index contributed by atoms with van der Waals surface area (Å²) in [5.41, 5.74) is 0.822. The Morgan fingerprint density at radius 2 is 1.75 bits per heavy atom. The lowest BCUT2D eigenvalue weighted by Crippen LogP contribution is -2.22. The summed E-state index contributed by atoms with van der Waals surface area (Å²) >= 11 is 0. The highest BCUT2D eigenvalue weighted by Crippen LogP contribution is 2.23. The molecule has 0 bridgehead atoms. The van der Waals surface area contributed by atoms with Crippen molar-refractivity contribution in [2.75, 3.05) is 0 Å². The topological polar surface area (TPSA) is 80.3 Å². The molecule has 82 valence electrons. The molecule has 0 saturated heterocycles. The number of rotatable bonds is 2. The van der Waals surface area contributed by atoms with Gasteiger partial charge in [0.25, 0.3) is 15.9 Å². The quantitative estimate of drug-likeness (QED) is 0.750. The summed E-state index contributed by atoms with van der Waals surface area (Å²) in [6.45, 7) is 0. The highest BCUT2D eigenvalue weighted by atomic mass is 32.2. The highest BCUT2D eigenvalue weighted by molar-refractivity contribution is 7.99. The second-order valence-corrected chi connectivity index (χ2v) is 4.87. The molecule has 1 amide bonds. The molecular formula is C10H7NO4S. The van der Waals surface area contributed by atoms with Crippen molar-refractivity contribution in [1.82, 2.24) is 4.72 Å². The van der Waals surface area contributed by atoms with Gasteiger partial charge in [-0.15, -0.1) is 0 Å². The van der Waals surface area contributed by atoms with E-state index in [1.54, 1.807) is 0 Å². The first-order valence-corrected chi connectivity index (χ1v) is 5.85. The Bertz CT molecular complexity index is 584. The molecule has 16 heavy (non-hydrogen) atoms. The summed E-state index contributed by atoms with van der Waals surface area (Å²) in [4.78, 5) is 21.3. The normalized spacial score (nSPS) is 17.8. The number of hydrogen-bond donors (Lipinski definition) is 1. The van der Waals surface area contributed by atoms with Gasteiger partial charge in [0.2, 0.25) is 0 Å². The smallest absolute Gasteiger partial charge is 0.265 e. The Morgan fingerprint density at radius 3 is 2.19 bits per heavy atom. The molecule has 0 unspecified atom stereocenters. The summed E-state index contributed by atoms with van der Waals surface area (Å²) in [5, 5.41) is 0. The molecule has 0 aromatic heterocycles. The van der Waals surface area contributed by atoms with E-state index >= 15 is 0 Å². The fraction of sp³-hybridized carbons (Fsp3) is 0. The predicted molar refractivity (Wildman–Crippen MR) is 56.9 cm³/mol. The molecule has 0 spiro atoms. The fourth-order valence-electron chi connectivity index (χ4n) is 1.38. The molecule has 1 N–H and O–H groups in total. The Balaban J connectivity index is 2.49. The third kappa shape index (κ3) is 1.74. The number of sulfonamides is 1. The SMILES string of the molecule is O=Cc1ccc(C2=CC(=O)NS2(=O)=O)cc1. The number of nitrogens with one attached hydrogen (secondary N) is 1. The third-order valence-corrected chi connectivity index (χ3v) is 3.52. The zero-order valence-electron chi connectivity index (χ0n) is 8.01. The summed E-state index contributed by atoms with van der Waals surface area (Å²) in [7, 11) is -3.74. The van der Waals surface area contributed by atoms with Crippen LogP contribution in [0.4, 0.5) is 0 Å². The number of aldehydes is 1. The van der Waals surface area contributed by atoms with Crippen molar-refractivity contribution in [3.63, 3.8) is 0 Å². The average Bonchev–Trinajstić information content (AvgIpc) is 2.52. The van der Waals surface area contributed by atoms with Crippen molar-refractivity contribution in [2.45, 2.75) is 0 Å². The maximum atomic E-state index is 11.5. The van der Waals surface area contributed by atoms with Crippen molar-refractivity contribution in [2.24, 2.45) is 0 Å². The molecule has 0 saturated carbocycles. The van der Waals surface area contributed by atoms with Crippen molar-refractivity contribution in [3.05, 3.63) is 41.5 Å². The molecule has 0 radical (unpaired) electrons. The van der Waals surface area contributed by atoms with Gasteiger partial charge in [-0.25, -0.2) is 13.1 Å². The summed E-state index contributed by atoms with van der Waals surface area (Å²) in [6.07, 6.45) is 1.68. The van der Waals surface area contributed by atoms with E-state index in [-0.39, 0.29) is 4.91 Å². The first-order valence-electron chi connectivity index (χ1n) is 4.37. The molecule has 6 heteroatoms. The van der Waals surface area contributed by atoms with Gasteiger partial charge in [-0.3, -0.25) is 9.59 Å². The van der Waals surface area contributed by atoms with Crippen molar-refractivity contribution in [3.8, 4) is 0 Å². The number of amides is 1. The van der Waals surface area contributed by atoms with Gasteiger partial charge in [0.15, 0.2) is 0 Å². The van der Waals surface area contributed by atoms with Gasteiger partial charge < -0.3 is 0 Å². The predicted octanol–water partition coefficient (Wildman–Crippen LogP) is 0.300. The standard InChI is InChI=1S/C10H7NO4S/c12-6-7-1-3-8(4-2-7)9-5-10(13)11-16(9,14)15/h1-6H,(H,11,13). The van der Waals surface area contributed by atoms with E-state index in [1.807, 2.05) is 4.72 Å². The largest absolute Gasteiger partial charge is 0.298 e. The maximum Gasteiger partial charge on any atom is 0.265 e. The van der Waals surface area contributed by atoms with Gasteiger partial charge in [0.1, 0.15) is 11.2 Å². The number of carbonyl (C=O) groups excluding carboxylic acids is 2. The van der Waals surface area contributed by atoms with Crippen LogP contribution in [0.25, 0.3) is 4.91 Å². The molecular weight excluding hydrogens is 230 g/mol. The van der Waals surface area contributed by atoms with Crippen LogP contribution in [0.15, 0.2) is 30.3 Å². The lowest BCUT2D eigenvalue weighted by atomic mass is 10.1. The minimum absolute atomic E-state index is 0.0741. The molecule has 1 aliphatic rings. The van der Waals surface area contributed by atoms with E-state index in [2.05, 4.69) is 0 Å². The molecule has 1 aliphatic heterocycles. The van der Waals surface area contributed by atoms with Crippen LogP contribution in [0.5, 0.6) is 0 Å². The molecule has 1 aromatic carbocycles. The van der Waals surface area contributed by atoms with Crippen LogP contribution in [0.2, 0.25) is 0 Å². The Kier molecular flexibility index (Phi) is 2.35. The second kappa shape index (κ2) is 3.57. The van der Waals surface area contributed by atoms with E-state index in [0.29, 0.717) is 17.4 Å². The van der Waals surface area contributed by atoms with Gasteiger partial charge in [0, 0.05) is 11.6 Å².